The highest BCUT2D eigenvalue weighted by Crippen LogP contribution is 2.39. The Bertz CT molecular complexity index is 1170. The lowest BCUT2D eigenvalue weighted by Gasteiger charge is -2.28. The average Bonchev–Trinajstić information content (AvgIpc) is 3.17. The average molecular weight is 479 g/mol. The van der Waals surface area contributed by atoms with Gasteiger partial charge in [-0.3, -0.25) is 9.36 Å². The summed E-state index contributed by atoms with van der Waals surface area (Å²) in [5.74, 6) is -1.99. The molecule has 0 unspecified atom stereocenters. The van der Waals surface area contributed by atoms with Crippen LogP contribution in [0.3, 0.4) is 0 Å². The van der Waals surface area contributed by atoms with E-state index in [2.05, 4.69) is 0 Å². The molecule has 12 heteroatoms. The van der Waals surface area contributed by atoms with Crippen molar-refractivity contribution in [2.75, 3.05) is 6.61 Å². The topological polar surface area (TPSA) is 79.5 Å². The number of hydrogen-bond donors (Lipinski definition) is 0. The summed E-state index contributed by atoms with van der Waals surface area (Å²) in [5, 5.41) is -0.251. The van der Waals surface area contributed by atoms with E-state index in [1.807, 2.05) is 0 Å². The van der Waals surface area contributed by atoms with Gasteiger partial charge in [0.25, 0.3) is 5.56 Å². The molecule has 1 aromatic carbocycles. The van der Waals surface area contributed by atoms with Crippen LogP contribution in [0.1, 0.15) is 38.3 Å². The molecule has 32 heavy (non-hydrogen) atoms. The Kier molecular flexibility index (Phi) is 6.41. The van der Waals surface area contributed by atoms with Gasteiger partial charge in [0.05, 0.1) is 17.3 Å². The lowest BCUT2D eigenvalue weighted by molar-refractivity contribution is -0.161. The molecule has 0 bridgehead atoms. The van der Waals surface area contributed by atoms with Crippen molar-refractivity contribution in [2.24, 2.45) is 7.05 Å². The fourth-order valence-corrected chi connectivity index (χ4v) is 3.84. The second-order valence-electron chi connectivity index (χ2n) is 7.30. The zero-order valence-electron chi connectivity index (χ0n) is 17.1. The molecule has 7 nitrogen and oxygen atoms in total. The Hall–Kier alpha value is -2.82. The second-order valence-corrected chi connectivity index (χ2v) is 7.71. The van der Waals surface area contributed by atoms with Crippen LogP contribution in [0, 0.1) is 5.82 Å². The number of nitrogens with zero attached hydrogens (tertiary/aromatic N) is 2. The molecule has 0 saturated heterocycles. The first-order valence-electron chi connectivity index (χ1n) is 9.67. The summed E-state index contributed by atoms with van der Waals surface area (Å²) in [5.41, 5.74) is -6.35. The standard InChI is InChI=1S/C20H19ClF4N2O5/c1-3-31-17(29)19(6-4-5-7-19)32-14-9-13(12(22)8-11(14)21)27-16(28)10-15(20(23,24)25)26(2)18(27)30/h8-10H,3-7H2,1-2H3. The monoisotopic (exact) mass is 478 g/mol. The fraction of sp³-hybridized carbons (Fsp3) is 0.450. The quantitative estimate of drug-likeness (QED) is 0.484. The van der Waals surface area contributed by atoms with E-state index >= 15 is 0 Å². The largest absolute Gasteiger partial charge is 0.474 e. The SMILES string of the molecule is CCOC(=O)C1(Oc2cc(-n3c(=O)cc(C(F)(F)F)n(C)c3=O)c(F)cc2Cl)CCCC1. The first-order valence-corrected chi connectivity index (χ1v) is 10.0. The van der Waals surface area contributed by atoms with E-state index in [4.69, 9.17) is 21.1 Å². The highest BCUT2D eigenvalue weighted by molar-refractivity contribution is 6.32. The van der Waals surface area contributed by atoms with Gasteiger partial charge >= 0.3 is 17.8 Å². The first-order chi connectivity index (χ1) is 14.9. The molecule has 174 valence electrons. The number of benzene rings is 1. The number of alkyl halides is 3. The molecule has 1 heterocycles. The van der Waals surface area contributed by atoms with E-state index in [1.54, 1.807) is 6.92 Å². The summed E-state index contributed by atoms with van der Waals surface area (Å²) in [6.45, 7) is 1.72. The highest BCUT2D eigenvalue weighted by Gasteiger charge is 2.45. The van der Waals surface area contributed by atoms with Crippen molar-refractivity contribution in [1.29, 1.82) is 0 Å². The van der Waals surface area contributed by atoms with Crippen LogP contribution in [0.2, 0.25) is 5.02 Å². The third-order valence-electron chi connectivity index (χ3n) is 5.22. The van der Waals surface area contributed by atoms with Crippen molar-refractivity contribution in [3.8, 4) is 11.4 Å². The van der Waals surface area contributed by atoms with Gasteiger partial charge in [0, 0.05) is 19.2 Å². The Morgan fingerprint density at radius 1 is 1.19 bits per heavy atom. The van der Waals surface area contributed by atoms with Crippen LogP contribution in [-0.4, -0.2) is 27.3 Å². The maximum absolute atomic E-state index is 14.7. The molecule has 0 N–H and O–H groups in total. The molecule has 1 fully saturated rings. The smallest absolute Gasteiger partial charge is 0.431 e. The molecule has 0 atom stereocenters. The molecule has 1 saturated carbocycles. The van der Waals surface area contributed by atoms with Crippen molar-refractivity contribution < 1.29 is 31.8 Å². The lowest BCUT2D eigenvalue weighted by Crippen LogP contribution is -2.43. The lowest BCUT2D eigenvalue weighted by atomic mass is 10.0. The molecule has 1 aliphatic rings. The third-order valence-corrected chi connectivity index (χ3v) is 5.51. The van der Waals surface area contributed by atoms with Gasteiger partial charge in [-0.25, -0.2) is 18.5 Å². The Labute approximate surface area is 184 Å². The van der Waals surface area contributed by atoms with E-state index in [0.29, 0.717) is 25.7 Å². The number of halogens is 5. The molecule has 0 radical (unpaired) electrons. The Morgan fingerprint density at radius 3 is 2.38 bits per heavy atom. The maximum Gasteiger partial charge on any atom is 0.431 e. The van der Waals surface area contributed by atoms with Crippen molar-refractivity contribution in [3.63, 3.8) is 0 Å². The number of esters is 1. The van der Waals surface area contributed by atoms with Gasteiger partial charge in [0.15, 0.2) is 0 Å². The van der Waals surface area contributed by atoms with E-state index in [9.17, 15) is 31.9 Å². The summed E-state index contributed by atoms with van der Waals surface area (Å²) < 4.78 is 65.3. The van der Waals surface area contributed by atoms with Gasteiger partial charge in [0.2, 0.25) is 5.60 Å². The van der Waals surface area contributed by atoms with E-state index in [1.165, 1.54) is 0 Å². The molecule has 2 aromatic rings. The second kappa shape index (κ2) is 8.61. The van der Waals surface area contributed by atoms with Gasteiger partial charge in [0.1, 0.15) is 17.3 Å². The zero-order chi connectivity index (χ0) is 23.8. The predicted octanol–water partition coefficient (Wildman–Crippen LogP) is 3.60. The number of carbonyl (C=O) groups is 1. The summed E-state index contributed by atoms with van der Waals surface area (Å²) in [6, 6.07) is 1.85. The van der Waals surface area contributed by atoms with Gasteiger partial charge in [-0.1, -0.05) is 11.6 Å². The van der Waals surface area contributed by atoms with Crippen LogP contribution in [0.25, 0.3) is 5.69 Å². The summed E-state index contributed by atoms with van der Waals surface area (Å²) in [7, 11) is 0.806. The fourth-order valence-electron chi connectivity index (χ4n) is 3.65. The molecular formula is C20H19ClF4N2O5. The third kappa shape index (κ3) is 4.25. The number of rotatable bonds is 5. The first kappa shape index (κ1) is 23.8. The zero-order valence-corrected chi connectivity index (χ0v) is 17.8. The van der Waals surface area contributed by atoms with Crippen LogP contribution in [0.15, 0.2) is 27.8 Å². The normalized spacial score (nSPS) is 15.6. The molecule has 3 rings (SSSR count). The van der Waals surface area contributed by atoms with E-state index in [0.717, 1.165) is 19.2 Å². The molecular weight excluding hydrogens is 460 g/mol. The molecule has 0 spiro atoms. The Morgan fingerprint density at radius 2 is 1.81 bits per heavy atom. The van der Waals surface area contributed by atoms with E-state index in [-0.39, 0.29) is 32.6 Å². The summed E-state index contributed by atoms with van der Waals surface area (Å²) in [6.07, 6.45) is -3.05. The van der Waals surface area contributed by atoms with Crippen molar-refractivity contribution >= 4 is 17.6 Å². The predicted molar refractivity (Wildman–Crippen MR) is 106 cm³/mol. The minimum atomic E-state index is -4.96. The van der Waals surface area contributed by atoms with Gasteiger partial charge in [-0.05, 0) is 38.7 Å². The van der Waals surface area contributed by atoms with Crippen LogP contribution < -0.4 is 16.0 Å². The highest BCUT2D eigenvalue weighted by atomic mass is 35.5. The van der Waals surface area contributed by atoms with Crippen LogP contribution in [0.4, 0.5) is 17.6 Å². The molecule has 0 aliphatic heterocycles. The van der Waals surface area contributed by atoms with Gasteiger partial charge < -0.3 is 9.47 Å². The van der Waals surface area contributed by atoms with Crippen molar-refractivity contribution in [1.82, 2.24) is 9.13 Å². The number of ether oxygens (including phenoxy) is 2. The number of carbonyl (C=O) groups excluding carboxylic acids is 1. The summed E-state index contributed by atoms with van der Waals surface area (Å²) >= 11 is 6.07. The van der Waals surface area contributed by atoms with Crippen LogP contribution in [0.5, 0.6) is 5.75 Å². The molecule has 1 aromatic heterocycles. The number of aromatic nitrogens is 2. The van der Waals surface area contributed by atoms with E-state index < -0.39 is 46.2 Å². The number of hydrogen-bond acceptors (Lipinski definition) is 5. The molecule has 1 aliphatic carbocycles. The van der Waals surface area contributed by atoms with Gasteiger partial charge in [-0.15, -0.1) is 0 Å². The minimum absolute atomic E-state index is 0.101. The van der Waals surface area contributed by atoms with Gasteiger partial charge in [-0.2, -0.15) is 13.2 Å². The Balaban J connectivity index is 2.15. The van der Waals surface area contributed by atoms with Crippen molar-refractivity contribution in [3.05, 3.63) is 55.6 Å². The minimum Gasteiger partial charge on any atom is -0.474 e. The van der Waals surface area contributed by atoms with Crippen LogP contribution >= 0.6 is 11.6 Å². The van der Waals surface area contributed by atoms with Crippen LogP contribution in [-0.2, 0) is 22.8 Å². The maximum atomic E-state index is 14.7. The molecule has 0 amide bonds. The summed E-state index contributed by atoms with van der Waals surface area (Å²) in [4.78, 5) is 37.4. The van der Waals surface area contributed by atoms with Crippen molar-refractivity contribution in [2.45, 2.75) is 44.4 Å².